The number of anilines is 1. The second-order valence-electron chi connectivity index (χ2n) is 8.33. The SMILES string of the molecule is CCCN1c2cc(F)c(/C=C3\SC(=O)N(C(C)CC)C3=O)cc2C(C)=CC1(C)C. The van der Waals surface area contributed by atoms with Gasteiger partial charge >= 0.3 is 0 Å². The molecule has 2 heterocycles. The van der Waals surface area contributed by atoms with Crippen molar-refractivity contribution in [3.8, 4) is 0 Å². The normalized spacial score (nSPS) is 20.9. The second kappa shape index (κ2) is 7.98. The molecule has 2 amide bonds. The maximum Gasteiger partial charge on any atom is 0.293 e. The average molecular weight is 417 g/mol. The minimum absolute atomic E-state index is 0.170. The smallest absolute Gasteiger partial charge is 0.293 e. The van der Waals surface area contributed by atoms with Crippen molar-refractivity contribution < 1.29 is 14.0 Å². The Balaban J connectivity index is 2.04. The molecule has 0 aromatic heterocycles. The fraction of sp³-hybridized carbons (Fsp3) is 0.478. The molecule has 1 atom stereocenters. The molecule has 0 bridgehead atoms. The van der Waals surface area contributed by atoms with Crippen LogP contribution < -0.4 is 4.90 Å². The van der Waals surface area contributed by atoms with Gasteiger partial charge in [-0.25, -0.2) is 4.39 Å². The summed E-state index contributed by atoms with van der Waals surface area (Å²) in [5.74, 6) is -0.724. The Morgan fingerprint density at radius 1 is 1.24 bits per heavy atom. The van der Waals surface area contributed by atoms with E-state index in [0.717, 1.165) is 41.6 Å². The lowest BCUT2D eigenvalue weighted by atomic mass is 9.87. The van der Waals surface area contributed by atoms with Gasteiger partial charge in [-0.2, -0.15) is 0 Å². The third-order valence-electron chi connectivity index (χ3n) is 5.69. The number of benzene rings is 1. The number of rotatable bonds is 5. The predicted molar refractivity (Wildman–Crippen MR) is 119 cm³/mol. The van der Waals surface area contributed by atoms with Gasteiger partial charge in [0.25, 0.3) is 11.1 Å². The summed E-state index contributed by atoms with van der Waals surface area (Å²) in [4.78, 5) is 28.7. The number of carbonyl (C=O) groups is 2. The molecule has 0 saturated carbocycles. The van der Waals surface area contributed by atoms with Gasteiger partial charge < -0.3 is 4.90 Å². The maximum atomic E-state index is 15.1. The Labute approximate surface area is 176 Å². The maximum absolute atomic E-state index is 15.1. The third-order valence-corrected chi connectivity index (χ3v) is 6.57. The van der Waals surface area contributed by atoms with Crippen molar-refractivity contribution in [3.63, 3.8) is 0 Å². The fourth-order valence-electron chi connectivity index (χ4n) is 4.04. The summed E-state index contributed by atoms with van der Waals surface area (Å²) in [7, 11) is 0. The molecule has 3 rings (SSSR count). The number of allylic oxidation sites excluding steroid dienone is 1. The van der Waals surface area contributed by atoms with E-state index in [0.29, 0.717) is 12.0 Å². The Bertz CT molecular complexity index is 920. The van der Waals surface area contributed by atoms with E-state index in [2.05, 4.69) is 31.7 Å². The minimum Gasteiger partial charge on any atom is -0.362 e. The number of thioether (sulfide) groups is 1. The van der Waals surface area contributed by atoms with Crippen molar-refractivity contribution in [2.75, 3.05) is 11.4 Å². The molecule has 1 aromatic carbocycles. The van der Waals surface area contributed by atoms with Gasteiger partial charge in [-0.15, -0.1) is 0 Å². The van der Waals surface area contributed by atoms with Crippen molar-refractivity contribution in [1.82, 2.24) is 4.90 Å². The van der Waals surface area contributed by atoms with E-state index in [1.54, 1.807) is 12.1 Å². The monoisotopic (exact) mass is 416 g/mol. The molecular formula is C23H29FN2O2S. The largest absolute Gasteiger partial charge is 0.362 e. The molecule has 1 aromatic rings. The summed E-state index contributed by atoms with van der Waals surface area (Å²) in [6.45, 7) is 13.0. The van der Waals surface area contributed by atoms with Gasteiger partial charge in [-0.05, 0) is 76.1 Å². The molecule has 1 unspecified atom stereocenters. The highest BCUT2D eigenvalue weighted by Gasteiger charge is 2.38. The van der Waals surface area contributed by atoms with Gasteiger partial charge in [0.1, 0.15) is 5.82 Å². The molecule has 1 fully saturated rings. The lowest BCUT2D eigenvalue weighted by Gasteiger charge is -2.43. The van der Waals surface area contributed by atoms with Gasteiger partial charge in [0.05, 0.1) is 10.4 Å². The standard InChI is InChI=1S/C23H29FN2O2S/c1-7-9-25-19-12-18(24)16(10-17(19)14(3)13-23(25,5)6)11-20-21(27)26(15(4)8-2)22(28)29-20/h10-13,15H,7-9H2,1-6H3/b20-11-. The zero-order valence-electron chi connectivity index (χ0n) is 18.0. The van der Waals surface area contributed by atoms with E-state index in [-0.39, 0.29) is 33.4 Å². The highest BCUT2D eigenvalue weighted by atomic mass is 32.2. The van der Waals surface area contributed by atoms with Crippen LogP contribution in [0.4, 0.5) is 14.9 Å². The molecule has 6 heteroatoms. The Morgan fingerprint density at radius 2 is 1.93 bits per heavy atom. The molecule has 0 radical (unpaired) electrons. The number of fused-ring (bicyclic) bond motifs is 1. The quantitative estimate of drug-likeness (QED) is 0.546. The first kappa shape index (κ1) is 21.6. The predicted octanol–water partition coefficient (Wildman–Crippen LogP) is 6.07. The fourth-order valence-corrected chi connectivity index (χ4v) is 4.96. The first-order valence-corrected chi connectivity index (χ1v) is 11.0. The van der Waals surface area contributed by atoms with E-state index in [9.17, 15) is 9.59 Å². The molecule has 0 aliphatic carbocycles. The number of nitrogens with zero attached hydrogens (tertiary/aromatic N) is 2. The van der Waals surface area contributed by atoms with E-state index >= 15 is 4.39 Å². The van der Waals surface area contributed by atoms with Crippen LogP contribution in [0.15, 0.2) is 23.1 Å². The number of carbonyl (C=O) groups excluding carboxylic acids is 2. The summed E-state index contributed by atoms with van der Waals surface area (Å²) in [5.41, 5.74) is 3.06. The summed E-state index contributed by atoms with van der Waals surface area (Å²) in [6, 6.07) is 3.19. The van der Waals surface area contributed by atoms with Crippen LogP contribution in [0, 0.1) is 5.82 Å². The first-order chi connectivity index (χ1) is 13.6. The van der Waals surface area contributed by atoms with E-state index in [4.69, 9.17) is 0 Å². The lowest BCUT2D eigenvalue weighted by molar-refractivity contribution is -0.124. The summed E-state index contributed by atoms with van der Waals surface area (Å²) in [5, 5.41) is -0.291. The van der Waals surface area contributed by atoms with Crippen molar-refractivity contribution in [2.24, 2.45) is 0 Å². The van der Waals surface area contributed by atoms with Gasteiger partial charge in [-0.1, -0.05) is 19.9 Å². The lowest BCUT2D eigenvalue weighted by Crippen LogP contribution is -2.45. The molecule has 29 heavy (non-hydrogen) atoms. The molecule has 1 saturated heterocycles. The van der Waals surface area contributed by atoms with E-state index in [1.165, 1.54) is 11.0 Å². The number of amides is 2. The molecule has 156 valence electrons. The molecule has 2 aliphatic rings. The van der Waals surface area contributed by atoms with Crippen molar-refractivity contribution in [2.45, 2.75) is 66.0 Å². The van der Waals surface area contributed by atoms with E-state index < -0.39 is 0 Å². The van der Waals surface area contributed by atoms with Crippen LogP contribution in [-0.4, -0.2) is 34.2 Å². The third kappa shape index (κ3) is 3.87. The summed E-state index contributed by atoms with van der Waals surface area (Å²) >= 11 is 0.882. The van der Waals surface area contributed by atoms with E-state index in [1.807, 2.05) is 20.8 Å². The highest BCUT2D eigenvalue weighted by molar-refractivity contribution is 8.18. The van der Waals surface area contributed by atoms with Crippen molar-refractivity contribution >= 4 is 40.2 Å². The molecule has 0 spiro atoms. The summed E-state index contributed by atoms with van der Waals surface area (Å²) < 4.78 is 15.1. The Hall–Kier alpha value is -2.08. The van der Waals surface area contributed by atoms with Crippen LogP contribution in [0.3, 0.4) is 0 Å². The molecule has 0 N–H and O–H groups in total. The topological polar surface area (TPSA) is 40.6 Å². The number of halogens is 1. The van der Waals surface area contributed by atoms with Crippen LogP contribution in [-0.2, 0) is 4.79 Å². The minimum atomic E-state index is -0.384. The molecule has 4 nitrogen and oxygen atoms in total. The number of hydrogen-bond acceptors (Lipinski definition) is 4. The number of imide groups is 1. The average Bonchev–Trinajstić information content (AvgIpc) is 2.92. The Morgan fingerprint density at radius 3 is 2.55 bits per heavy atom. The van der Waals surface area contributed by atoms with Crippen molar-refractivity contribution in [3.05, 3.63) is 40.1 Å². The summed E-state index contributed by atoms with van der Waals surface area (Å²) in [6.07, 6.45) is 5.36. The van der Waals surface area contributed by atoms with Crippen molar-refractivity contribution in [1.29, 1.82) is 0 Å². The van der Waals surface area contributed by atoms with Gasteiger partial charge in [0.2, 0.25) is 0 Å². The Kier molecular flexibility index (Phi) is 5.95. The van der Waals surface area contributed by atoms with Gasteiger partial charge in [-0.3, -0.25) is 14.5 Å². The van der Waals surface area contributed by atoms with Crippen LogP contribution in [0.2, 0.25) is 0 Å². The van der Waals surface area contributed by atoms with Crippen LogP contribution in [0.5, 0.6) is 0 Å². The van der Waals surface area contributed by atoms with Gasteiger partial charge in [0, 0.05) is 29.4 Å². The van der Waals surface area contributed by atoms with Crippen LogP contribution >= 0.6 is 11.8 Å². The zero-order chi connectivity index (χ0) is 21.5. The molecule has 2 aliphatic heterocycles. The highest BCUT2D eigenvalue weighted by Crippen LogP contribution is 2.41. The second-order valence-corrected chi connectivity index (χ2v) is 9.33. The number of hydrogen-bond donors (Lipinski definition) is 0. The van der Waals surface area contributed by atoms with Crippen LogP contribution in [0.1, 0.15) is 65.5 Å². The molecular weight excluding hydrogens is 387 g/mol. The first-order valence-electron chi connectivity index (χ1n) is 10.2. The zero-order valence-corrected chi connectivity index (χ0v) is 18.8. The van der Waals surface area contributed by atoms with Crippen LogP contribution in [0.25, 0.3) is 11.6 Å². The van der Waals surface area contributed by atoms with Gasteiger partial charge in [0.15, 0.2) is 0 Å².